The molecule has 0 fully saturated rings. The van der Waals surface area contributed by atoms with Crippen molar-refractivity contribution in [3.8, 4) is 0 Å². The van der Waals surface area contributed by atoms with Crippen LogP contribution in [0, 0.1) is 11.2 Å². The van der Waals surface area contributed by atoms with E-state index >= 15 is 0 Å². The SMILES string of the molecule is CC(C)(C)C1=NOC(C)(C(=O)O/N=C(/c2ccc(Cl)cc2)c2cccc(F)c2)C1. The lowest BCUT2D eigenvalue weighted by Crippen LogP contribution is -2.38. The standard InChI is InChI=1S/C22H22ClFN2O3/c1-21(2,3)18-13-22(4,29-25-18)20(27)28-26-19(14-8-10-16(23)11-9-14)15-6-5-7-17(24)12-15/h5-12H,13H2,1-4H3/b26-19-. The summed E-state index contributed by atoms with van der Waals surface area (Å²) in [4.78, 5) is 23.3. The van der Waals surface area contributed by atoms with Crippen LogP contribution in [0.15, 0.2) is 58.8 Å². The number of benzene rings is 2. The van der Waals surface area contributed by atoms with Gasteiger partial charge in [0.1, 0.15) is 11.5 Å². The molecule has 1 aliphatic rings. The highest BCUT2D eigenvalue weighted by molar-refractivity contribution is 6.30. The van der Waals surface area contributed by atoms with Crippen molar-refractivity contribution in [2.45, 2.75) is 39.7 Å². The lowest BCUT2D eigenvalue weighted by Gasteiger charge is -2.20. The van der Waals surface area contributed by atoms with E-state index < -0.39 is 17.4 Å². The van der Waals surface area contributed by atoms with Gasteiger partial charge in [-0.1, -0.05) is 66.9 Å². The Morgan fingerprint density at radius 1 is 1.21 bits per heavy atom. The maximum absolute atomic E-state index is 13.7. The zero-order chi connectivity index (χ0) is 21.2. The van der Waals surface area contributed by atoms with E-state index in [4.69, 9.17) is 21.3 Å². The summed E-state index contributed by atoms with van der Waals surface area (Å²) < 4.78 is 13.7. The normalized spacial score (nSPS) is 19.5. The average Bonchev–Trinajstić information content (AvgIpc) is 3.07. The molecule has 2 aromatic rings. The highest BCUT2D eigenvalue weighted by atomic mass is 35.5. The number of rotatable bonds is 4. The molecule has 0 saturated heterocycles. The van der Waals surface area contributed by atoms with Gasteiger partial charge in [-0.25, -0.2) is 9.18 Å². The Kier molecular flexibility index (Phi) is 5.75. The van der Waals surface area contributed by atoms with Gasteiger partial charge in [-0.15, -0.1) is 0 Å². The number of carbonyl (C=O) groups is 1. The van der Waals surface area contributed by atoms with Gasteiger partial charge in [0.25, 0.3) is 0 Å². The third-order valence-corrected chi connectivity index (χ3v) is 4.85. The van der Waals surface area contributed by atoms with Crippen LogP contribution < -0.4 is 0 Å². The molecule has 0 aliphatic carbocycles. The molecule has 2 aromatic carbocycles. The molecule has 1 atom stereocenters. The van der Waals surface area contributed by atoms with Gasteiger partial charge in [-0.2, -0.15) is 0 Å². The summed E-state index contributed by atoms with van der Waals surface area (Å²) >= 11 is 5.96. The molecule has 29 heavy (non-hydrogen) atoms. The molecule has 0 amide bonds. The lowest BCUT2D eigenvalue weighted by atomic mass is 9.84. The molecule has 1 aliphatic heterocycles. The van der Waals surface area contributed by atoms with Crippen molar-refractivity contribution in [3.63, 3.8) is 0 Å². The molecule has 0 N–H and O–H groups in total. The van der Waals surface area contributed by atoms with Crippen molar-refractivity contribution in [3.05, 3.63) is 70.5 Å². The molecule has 1 heterocycles. The minimum atomic E-state index is -1.26. The zero-order valence-electron chi connectivity index (χ0n) is 16.7. The van der Waals surface area contributed by atoms with E-state index in [1.54, 1.807) is 43.3 Å². The zero-order valence-corrected chi connectivity index (χ0v) is 17.5. The summed E-state index contributed by atoms with van der Waals surface area (Å²) in [6.45, 7) is 7.59. The van der Waals surface area contributed by atoms with Crippen molar-refractivity contribution in [1.82, 2.24) is 0 Å². The van der Waals surface area contributed by atoms with Crippen LogP contribution in [0.2, 0.25) is 5.02 Å². The number of hydrogen-bond acceptors (Lipinski definition) is 5. The first-order chi connectivity index (χ1) is 13.6. The van der Waals surface area contributed by atoms with Crippen LogP contribution in [0.3, 0.4) is 0 Å². The van der Waals surface area contributed by atoms with Gasteiger partial charge in [0, 0.05) is 28.0 Å². The van der Waals surface area contributed by atoms with E-state index in [1.807, 2.05) is 20.8 Å². The Hall–Kier alpha value is -2.73. The summed E-state index contributed by atoms with van der Waals surface area (Å²) in [6.07, 6.45) is 0.307. The fraction of sp³-hybridized carbons (Fsp3) is 0.318. The molecule has 1 unspecified atom stereocenters. The van der Waals surface area contributed by atoms with E-state index in [1.165, 1.54) is 12.1 Å². The third-order valence-electron chi connectivity index (χ3n) is 4.60. The number of hydrogen-bond donors (Lipinski definition) is 0. The van der Waals surface area contributed by atoms with E-state index in [-0.39, 0.29) is 5.41 Å². The molecule has 152 valence electrons. The first kappa shape index (κ1) is 21.0. The summed E-state index contributed by atoms with van der Waals surface area (Å²) in [6, 6.07) is 12.7. The van der Waals surface area contributed by atoms with Gasteiger partial charge in [-0.05, 0) is 31.2 Å². The van der Waals surface area contributed by atoms with Gasteiger partial charge in [0.2, 0.25) is 5.60 Å². The van der Waals surface area contributed by atoms with Gasteiger partial charge >= 0.3 is 5.97 Å². The highest BCUT2D eigenvalue weighted by Crippen LogP contribution is 2.32. The molecular weight excluding hydrogens is 395 g/mol. The van der Waals surface area contributed by atoms with Gasteiger partial charge in [-0.3, -0.25) is 0 Å². The Morgan fingerprint density at radius 3 is 2.48 bits per heavy atom. The second-order valence-corrected chi connectivity index (χ2v) is 8.56. The third kappa shape index (κ3) is 4.82. The summed E-state index contributed by atoms with van der Waals surface area (Å²) in [7, 11) is 0. The van der Waals surface area contributed by atoms with Crippen LogP contribution in [0.1, 0.15) is 45.2 Å². The second kappa shape index (κ2) is 7.95. The first-order valence-corrected chi connectivity index (χ1v) is 9.53. The van der Waals surface area contributed by atoms with Crippen LogP contribution >= 0.6 is 11.6 Å². The van der Waals surface area contributed by atoms with Crippen molar-refractivity contribution in [1.29, 1.82) is 0 Å². The molecular formula is C22H22ClFN2O3. The Balaban J connectivity index is 1.87. The maximum atomic E-state index is 13.7. The summed E-state index contributed by atoms with van der Waals surface area (Å²) in [5.41, 5.74) is 0.662. The van der Waals surface area contributed by atoms with Crippen molar-refractivity contribution >= 4 is 29.0 Å². The van der Waals surface area contributed by atoms with Crippen LogP contribution in [-0.4, -0.2) is 23.0 Å². The minimum Gasteiger partial charge on any atom is -0.377 e. The Labute approximate surface area is 174 Å². The lowest BCUT2D eigenvalue weighted by molar-refractivity contribution is -0.167. The highest BCUT2D eigenvalue weighted by Gasteiger charge is 2.46. The first-order valence-electron chi connectivity index (χ1n) is 9.15. The molecule has 0 saturated carbocycles. The van der Waals surface area contributed by atoms with E-state index in [0.29, 0.717) is 28.3 Å². The summed E-state index contributed by atoms with van der Waals surface area (Å²) in [5.74, 6) is -1.10. The van der Waals surface area contributed by atoms with Crippen molar-refractivity contribution in [2.24, 2.45) is 15.7 Å². The number of nitrogens with zero attached hydrogens (tertiary/aromatic N) is 2. The average molecular weight is 417 g/mol. The second-order valence-electron chi connectivity index (χ2n) is 8.12. The number of carbonyl (C=O) groups excluding carboxylic acids is 1. The molecule has 0 bridgehead atoms. The van der Waals surface area contributed by atoms with Gasteiger partial charge < -0.3 is 9.68 Å². The maximum Gasteiger partial charge on any atom is 0.381 e. The fourth-order valence-corrected chi connectivity index (χ4v) is 2.88. The van der Waals surface area contributed by atoms with E-state index in [2.05, 4.69) is 10.3 Å². The van der Waals surface area contributed by atoms with Crippen molar-refractivity contribution < 1.29 is 18.9 Å². The van der Waals surface area contributed by atoms with E-state index in [0.717, 1.165) is 5.71 Å². The number of oxime groups is 2. The molecule has 0 spiro atoms. The van der Waals surface area contributed by atoms with Gasteiger partial charge in [0.05, 0.1) is 5.71 Å². The van der Waals surface area contributed by atoms with Crippen LogP contribution in [0.4, 0.5) is 4.39 Å². The van der Waals surface area contributed by atoms with Crippen LogP contribution in [0.25, 0.3) is 0 Å². The Morgan fingerprint density at radius 2 is 1.90 bits per heavy atom. The fourth-order valence-electron chi connectivity index (χ4n) is 2.75. The smallest absolute Gasteiger partial charge is 0.377 e. The van der Waals surface area contributed by atoms with Crippen molar-refractivity contribution in [2.75, 3.05) is 0 Å². The largest absolute Gasteiger partial charge is 0.381 e. The van der Waals surface area contributed by atoms with Crippen LogP contribution in [-0.2, 0) is 14.5 Å². The quantitative estimate of drug-likeness (QED) is 0.383. The molecule has 5 nitrogen and oxygen atoms in total. The molecule has 7 heteroatoms. The summed E-state index contributed by atoms with van der Waals surface area (Å²) in [5, 5.41) is 8.63. The number of halogens is 2. The predicted molar refractivity (Wildman–Crippen MR) is 111 cm³/mol. The van der Waals surface area contributed by atoms with E-state index in [9.17, 15) is 9.18 Å². The molecule has 0 radical (unpaired) electrons. The minimum absolute atomic E-state index is 0.225. The molecule has 0 aromatic heterocycles. The topological polar surface area (TPSA) is 60.2 Å². The van der Waals surface area contributed by atoms with Crippen LogP contribution in [0.5, 0.6) is 0 Å². The Bertz CT molecular complexity index is 980. The monoisotopic (exact) mass is 416 g/mol. The van der Waals surface area contributed by atoms with Gasteiger partial charge in [0.15, 0.2) is 0 Å². The predicted octanol–water partition coefficient (Wildman–Crippen LogP) is 5.36. The molecule has 3 rings (SSSR count).